The fourth-order valence-electron chi connectivity index (χ4n) is 3.63. The third-order valence-corrected chi connectivity index (χ3v) is 5.65. The molecule has 3 rings (SSSR count). The van der Waals surface area contributed by atoms with Crippen LogP contribution in [-0.4, -0.2) is 30.1 Å². The van der Waals surface area contributed by atoms with E-state index in [-0.39, 0.29) is 24.5 Å². The number of alkyl carbamates (subject to hydrolysis) is 1. The second-order valence-electron chi connectivity index (χ2n) is 8.17. The van der Waals surface area contributed by atoms with E-state index in [0.717, 1.165) is 11.1 Å². The topological polar surface area (TPSA) is 106 Å². The van der Waals surface area contributed by atoms with Crippen molar-refractivity contribution in [3.63, 3.8) is 0 Å². The molecule has 1 aliphatic carbocycles. The maximum atomic E-state index is 12.4. The quantitative estimate of drug-likeness (QED) is 0.532. The predicted molar refractivity (Wildman–Crippen MR) is 122 cm³/mol. The highest BCUT2D eigenvalue weighted by Crippen LogP contribution is 2.24. The minimum atomic E-state index is -0.702. The van der Waals surface area contributed by atoms with Gasteiger partial charge < -0.3 is 14.8 Å². The first-order valence-corrected chi connectivity index (χ1v) is 11.2. The van der Waals surface area contributed by atoms with E-state index in [4.69, 9.17) is 9.47 Å². The molecular weight excluding hydrogens is 422 g/mol. The third kappa shape index (κ3) is 8.23. The van der Waals surface area contributed by atoms with Crippen LogP contribution in [0.5, 0.6) is 0 Å². The van der Waals surface area contributed by atoms with Gasteiger partial charge in [0.1, 0.15) is 12.7 Å². The SMILES string of the molecule is C[C@@H](OCc1ccccc1)C(=O)NNC(=O)[C@H]1CC[C@H](NC(=O)OCc2ccccc2)CC1. The van der Waals surface area contributed by atoms with Crippen molar-refractivity contribution in [1.29, 1.82) is 0 Å². The summed E-state index contributed by atoms with van der Waals surface area (Å²) in [6.07, 6.45) is 1.42. The van der Waals surface area contributed by atoms with E-state index in [1.165, 1.54) is 0 Å². The third-order valence-electron chi connectivity index (χ3n) is 5.65. The van der Waals surface area contributed by atoms with Crippen LogP contribution in [0.3, 0.4) is 0 Å². The van der Waals surface area contributed by atoms with Crippen molar-refractivity contribution in [2.75, 3.05) is 0 Å². The molecule has 1 saturated carbocycles. The summed E-state index contributed by atoms with van der Waals surface area (Å²) in [7, 11) is 0. The summed E-state index contributed by atoms with van der Waals surface area (Å²) in [5.74, 6) is -0.858. The first-order valence-electron chi connectivity index (χ1n) is 11.2. The van der Waals surface area contributed by atoms with Crippen LogP contribution in [0.4, 0.5) is 4.79 Å². The van der Waals surface area contributed by atoms with Gasteiger partial charge in [0.25, 0.3) is 5.91 Å². The van der Waals surface area contributed by atoms with E-state index in [9.17, 15) is 14.4 Å². The van der Waals surface area contributed by atoms with Crippen LogP contribution in [-0.2, 0) is 32.3 Å². The van der Waals surface area contributed by atoms with Crippen LogP contribution in [0.15, 0.2) is 60.7 Å². The lowest BCUT2D eigenvalue weighted by atomic mass is 9.85. The monoisotopic (exact) mass is 453 g/mol. The van der Waals surface area contributed by atoms with Crippen LogP contribution in [0.1, 0.15) is 43.7 Å². The highest BCUT2D eigenvalue weighted by atomic mass is 16.5. The van der Waals surface area contributed by atoms with Crippen LogP contribution in [0.2, 0.25) is 0 Å². The van der Waals surface area contributed by atoms with Gasteiger partial charge in [0.2, 0.25) is 5.91 Å². The average molecular weight is 454 g/mol. The summed E-state index contributed by atoms with van der Waals surface area (Å²) in [5.41, 5.74) is 6.83. The number of rotatable bonds is 8. The molecule has 2 aromatic carbocycles. The van der Waals surface area contributed by atoms with Crippen molar-refractivity contribution < 1.29 is 23.9 Å². The molecule has 33 heavy (non-hydrogen) atoms. The number of hydrogen-bond donors (Lipinski definition) is 3. The molecule has 0 spiro atoms. The van der Waals surface area contributed by atoms with E-state index in [1.807, 2.05) is 60.7 Å². The first-order chi connectivity index (χ1) is 16.0. The standard InChI is InChI=1S/C25H31N3O5/c1-18(32-16-19-8-4-2-5-9-19)23(29)27-28-24(30)21-12-14-22(15-13-21)26-25(31)33-17-20-10-6-3-7-11-20/h2-11,18,21-22H,12-17H2,1H3,(H,26,31)(H,27,29)(H,28,30)/t18-,21-,22-/m1/s1. The van der Waals surface area contributed by atoms with Gasteiger partial charge in [-0.25, -0.2) is 4.79 Å². The lowest BCUT2D eigenvalue weighted by Crippen LogP contribution is -2.49. The van der Waals surface area contributed by atoms with Gasteiger partial charge in [-0.2, -0.15) is 0 Å². The smallest absolute Gasteiger partial charge is 0.407 e. The zero-order chi connectivity index (χ0) is 23.5. The molecule has 0 saturated heterocycles. The maximum absolute atomic E-state index is 12.4. The number of nitrogens with one attached hydrogen (secondary N) is 3. The zero-order valence-electron chi connectivity index (χ0n) is 18.8. The molecule has 176 valence electrons. The van der Waals surface area contributed by atoms with Crippen LogP contribution >= 0.6 is 0 Å². The molecule has 2 aromatic rings. The summed E-state index contributed by atoms with van der Waals surface area (Å²) < 4.78 is 10.8. The molecule has 0 bridgehead atoms. The summed E-state index contributed by atoms with van der Waals surface area (Å²) >= 11 is 0. The fraction of sp³-hybridized carbons (Fsp3) is 0.400. The Labute approximate surface area is 194 Å². The summed E-state index contributed by atoms with van der Waals surface area (Å²) in [6.45, 7) is 2.17. The Morgan fingerprint density at radius 2 is 1.42 bits per heavy atom. The fourth-order valence-corrected chi connectivity index (χ4v) is 3.63. The molecule has 0 aromatic heterocycles. The minimum Gasteiger partial charge on any atom is -0.445 e. The Hall–Kier alpha value is -3.39. The average Bonchev–Trinajstić information content (AvgIpc) is 2.86. The number of benzene rings is 2. The summed E-state index contributed by atoms with van der Waals surface area (Å²) in [4.78, 5) is 36.6. The van der Waals surface area contributed by atoms with E-state index in [0.29, 0.717) is 32.3 Å². The van der Waals surface area contributed by atoms with Gasteiger partial charge in [0.15, 0.2) is 0 Å². The van der Waals surface area contributed by atoms with Crippen molar-refractivity contribution >= 4 is 17.9 Å². The highest BCUT2D eigenvalue weighted by molar-refractivity contribution is 5.85. The van der Waals surface area contributed by atoms with Crippen molar-refractivity contribution in [2.24, 2.45) is 5.92 Å². The second-order valence-corrected chi connectivity index (χ2v) is 8.17. The lowest BCUT2D eigenvalue weighted by molar-refractivity contribution is -0.138. The molecule has 0 unspecified atom stereocenters. The molecule has 0 aliphatic heterocycles. The van der Waals surface area contributed by atoms with Gasteiger partial charge in [-0.05, 0) is 43.7 Å². The van der Waals surface area contributed by atoms with Gasteiger partial charge in [-0.3, -0.25) is 20.4 Å². The highest BCUT2D eigenvalue weighted by Gasteiger charge is 2.28. The van der Waals surface area contributed by atoms with E-state index in [1.54, 1.807) is 6.92 Å². The maximum Gasteiger partial charge on any atom is 0.407 e. The van der Waals surface area contributed by atoms with Crippen molar-refractivity contribution in [3.8, 4) is 0 Å². The molecule has 0 radical (unpaired) electrons. The van der Waals surface area contributed by atoms with Crippen LogP contribution in [0.25, 0.3) is 0 Å². The number of carbonyl (C=O) groups excluding carboxylic acids is 3. The van der Waals surface area contributed by atoms with E-state index >= 15 is 0 Å². The Balaban J connectivity index is 1.30. The van der Waals surface area contributed by atoms with Crippen LogP contribution < -0.4 is 16.2 Å². The molecule has 3 N–H and O–H groups in total. The van der Waals surface area contributed by atoms with Gasteiger partial charge in [0.05, 0.1) is 6.61 Å². The number of carbonyl (C=O) groups is 3. The molecular formula is C25H31N3O5. The Kier molecular flexibility index (Phi) is 9.26. The lowest BCUT2D eigenvalue weighted by Gasteiger charge is -2.28. The Morgan fingerprint density at radius 1 is 0.848 bits per heavy atom. The van der Waals surface area contributed by atoms with Crippen molar-refractivity contribution in [2.45, 2.75) is 58.0 Å². The van der Waals surface area contributed by atoms with Crippen molar-refractivity contribution in [1.82, 2.24) is 16.2 Å². The molecule has 8 heteroatoms. The summed E-state index contributed by atoms with van der Waals surface area (Å²) in [6, 6.07) is 19.0. The number of hydrogen-bond acceptors (Lipinski definition) is 5. The summed E-state index contributed by atoms with van der Waals surface area (Å²) in [5, 5.41) is 2.86. The Morgan fingerprint density at radius 3 is 2.03 bits per heavy atom. The van der Waals surface area contributed by atoms with Crippen LogP contribution in [0, 0.1) is 5.92 Å². The zero-order valence-corrected chi connectivity index (χ0v) is 18.8. The van der Waals surface area contributed by atoms with E-state index in [2.05, 4.69) is 16.2 Å². The van der Waals surface area contributed by atoms with Gasteiger partial charge >= 0.3 is 6.09 Å². The number of amides is 3. The molecule has 0 heterocycles. The number of ether oxygens (including phenoxy) is 2. The van der Waals surface area contributed by atoms with E-state index < -0.39 is 18.1 Å². The molecule has 8 nitrogen and oxygen atoms in total. The van der Waals surface area contributed by atoms with Crippen molar-refractivity contribution in [3.05, 3.63) is 71.8 Å². The Bertz CT molecular complexity index is 899. The van der Waals surface area contributed by atoms with Gasteiger partial charge in [-0.1, -0.05) is 60.7 Å². The largest absolute Gasteiger partial charge is 0.445 e. The minimum absolute atomic E-state index is 0.0293. The normalized spacial score (nSPS) is 18.6. The number of hydrazine groups is 1. The van der Waals surface area contributed by atoms with Gasteiger partial charge in [-0.15, -0.1) is 0 Å². The molecule has 1 fully saturated rings. The predicted octanol–water partition coefficient (Wildman–Crippen LogP) is 3.22. The van der Waals surface area contributed by atoms with Gasteiger partial charge in [0, 0.05) is 12.0 Å². The molecule has 3 amide bonds. The molecule has 1 atom stereocenters. The molecule has 1 aliphatic rings. The second kappa shape index (κ2) is 12.6. The first kappa shape index (κ1) is 24.3.